The second kappa shape index (κ2) is 9.28. The maximum atomic E-state index is 12.7. The molecule has 30 heavy (non-hydrogen) atoms. The van der Waals surface area contributed by atoms with Gasteiger partial charge in [-0.15, -0.1) is 0 Å². The van der Waals surface area contributed by atoms with Gasteiger partial charge in [0.25, 0.3) is 11.8 Å². The fraction of sp³-hybridized carbons (Fsp3) is 0.545. The van der Waals surface area contributed by atoms with Crippen LogP contribution in [0.4, 0.5) is 10.5 Å². The molecule has 1 aliphatic rings. The quantitative estimate of drug-likeness (QED) is 0.500. The first-order valence-electron chi connectivity index (χ1n) is 10.1. The molecular formula is C22H31N3O5. The van der Waals surface area contributed by atoms with E-state index in [9.17, 15) is 19.2 Å². The molecule has 1 aliphatic heterocycles. The first-order chi connectivity index (χ1) is 13.9. The van der Waals surface area contributed by atoms with Crippen molar-refractivity contribution in [2.24, 2.45) is 5.92 Å². The number of amides is 4. The number of urea groups is 1. The lowest BCUT2D eigenvalue weighted by atomic mass is 9.92. The van der Waals surface area contributed by atoms with Gasteiger partial charge in [-0.25, -0.2) is 4.79 Å². The van der Waals surface area contributed by atoms with E-state index in [0.717, 1.165) is 22.4 Å². The maximum absolute atomic E-state index is 12.7. The molecule has 1 fully saturated rings. The highest BCUT2D eigenvalue weighted by atomic mass is 16.5. The van der Waals surface area contributed by atoms with Crippen molar-refractivity contribution in [3.05, 3.63) is 29.3 Å². The number of aryl methyl sites for hydroxylation is 2. The predicted molar refractivity (Wildman–Crippen MR) is 113 cm³/mol. The minimum atomic E-state index is -1.08. The molecule has 8 heteroatoms. The zero-order valence-electron chi connectivity index (χ0n) is 18.5. The molecule has 4 amide bonds. The van der Waals surface area contributed by atoms with Gasteiger partial charge >= 0.3 is 12.0 Å². The molecule has 2 atom stereocenters. The molecule has 2 rings (SSSR count). The molecule has 1 aromatic rings. The Hall–Kier alpha value is -2.90. The first-order valence-corrected chi connectivity index (χ1v) is 10.1. The number of carbonyl (C=O) groups excluding carboxylic acids is 4. The highest BCUT2D eigenvalue weighted by Gasteiger charge is 2.48. The summed E-state index contributed by atoms with van der Waals surface area (Å²) in [5.74, 6) is -1.40. The number of rotatable bonds is 8. The summed E-state index contributed by atoms with van der Waals surface area (Å²) in [5, 5.41) is 5.38. The van der Waals surface area contributed by atoms with E-state index in [1.807, 2.05) is 39.8 Å². The number of imide groups is 1. The minimum absolute atomic E-state index is 0.377. The van der Waals surface area contributed by atoms with Crippen LogP contribution < -0.4 is 10.6 Å². The lowest BCUT2D eigenvalue weighted by molar-refractivity contribution is -0.155. The summed E-state index contributed by atoms with van der Waals surface area (Å²) < 4.78 is 5.15. The van der Waals surface area contributed by atoms with Crippen LogP contribution in [0.2, 0.25) is 0 Å². The Morgan fingerprint density at radius 1 is 1.20 bits per heavy atom. The lowest BCUT2D eigenvalue weighted by Gasteiger charge is -2.22. The van der Waals surface area contributed by atoms with Crippen LogP contribution >= 0.6 is 0 Å². The molecule has 0 spiro atoms. The maximum Gasteiger partial charge on any atom is 0.327 e. The number of nitrogens with one attached hydrogen (secondary N) is 2. The smallest absolute Gasteiger partial charge is 0.327 e. The Bertz CT molecular complexity index is 851. The number of ether oxygens (including phenoxy) is 1. The van der Waals surface area contributed by atoms with Gasteiger partial charge < -0.3 is 15.4 Å². The van der Waals surface area contributed by atoms with E-state index in [4.69, 9.17) is 4.74 Å². The second-order valence-corrected chi connectivity index (χ2v) is 8.53. The normalized spacial score (nSPS) is 19.6. The van der Waals surface area contributed by atoms with Gasteiger partial charge in [0, 0.05) is 5.69 Å². The fourth-order valence-electron chi connectivity index (χ4n) is 3.24. The van der Waals surface area contributed by atoms with Crippen LogP contribution in [0.25, 0.3) is 0 Å². The van der Waals surface area contributed by atoms with E-state index in [1.54, 1.807) is 13.0 Å². The van der Waals surface area contributed by atoms with Crippen molar-refractivity contribution in [1.82, 2.24) is 10.2 Å². The molecule has 164 valence electrons. The Kier molecular flexibility index (Phi) is 7.23. The van der Waals surface area contributed by atoms with Crippen molar-refractivity contribution in [2.45, 2.75) is 66.0 Å². The Morgan fingerprint density at radius 3 is 2.47 bits per heavy atom. The monoisotopic (exact) mass is 417 g/mol. The van der Waals surface area contributed by atoms with Crippen LogP contribution in [0.3, 0.4) is 0 Å². The number of hydrogen-bond acceptors (Lipinski definition) is 5. The number of hydrogen-bond donors (Lipinski definition) is 2. The topological polar surface area (TPSA) is 105 Å². The van der Waals surface area contributed by atoms with Gasteiger partial charge in [-0.1, -0.05) is 31.5 Å². The summed E-state index contributed by atoms with van der Waals surface area (Å²) in [5.41, 5.74) is 1.55. The Morgan fingerprint density at radius 2 is 1.87 bits per heavy atom. The van der Waals surface area contributed by atoms with E-state index in [2.05, 4.69) is 10.6 Å². The number of carbonyl (C=O) groups is 4. The van der Waals surface area contributed by atoms with Crippen LogP contribution in [-0.2, 0) is 19.1 Å². The lowest BCUT2D eigenvalue weighted by Crippen LogP contribution is -2.44. The zero-order valence-corrected chi connectivity index (χ0v) is 18.5. The SMILES string of the molecule is Cc1ccc(NC(=O)[C@@H](C)OC(=O)CN2C(=O)N[C@@](C)(CCC(C)C)C2=O)c(C)c1. The molecule has 0 aromatic heterocycles. The molecule has 0 aliphatic carbocycles. The van der Waals surface area contributed by atoms with E-state index < -0.39 is 42.0 Å². The number of esters is 1. The second-order valence-electron chi connectivity index (χ2n) is 8.53. The van der Waals surface area contributed by atoms with Crippen molar-refractivity contribution in [1.29, 1.82) is 0 Å². The number of benzene rings is 1. The van der Waals surface area contributed by atoms with Gasteiger partial charge in [-0.2, -0.15) is 0 Å². The van der Waals surface area contributed by atoms with Gasteiger partial charge in [0.2, 0.25) is 0 Å². The van der Waals surface area contributed by atoms with Gasteiger partial charge in [-0.3, -0.25) is 19.3 Å². The van der Waals surface area contributed by atoms with Gasteiger partial charge in [-0.05, 0) is 58.1 Å². The minimum Gasteiger partial charge on any atom is -0.451 e. The van der Waals surface area contributed by atoms with Crippen molar-refractivity contribution >= 4 is 29.5 Å². The molecule has 2 N–H and O–H groups in total. The highest BCUT2D eigenvalue weighted by Crippen LogP contribution is 2.24. The molecular weight excluding hydrogens is 386 g/mol. The summed E-state index contributed by atoms with van der Waals surface area (Å²) in [4.78, 5) is 50.3. The van der Waals surface area contributed by atoms with Crippen LogP contribution in [0.1, 0.15) is 51.7 Å². The summed E-state index contributed by atoms with van der Waals surface area (Å²) in [6, 6.07) is 4.95. The molecule has 1 heterocycles. The molecule has 0 unspecified atom stereocenters. The highest BCUT2D eigenvalue weighted by molar-refractivity contribution is 6.08. The molecule has 0 radical (unpaired) electrons. The van der Waals surface area contributed by atoms with E-state index in [-0.39, 0.29) is 0 Å². The van der Waals surface area contributed by atoms with Crippen LogP contribution in [0, 0.1) is 19.8 Å². The summed E-state index contributed by atoms with van der Waals surface area (Å²) in [6.07, 6.45) is 0.164. The number of anilines is 1. The van der Waals surface area contributed by atoms with Crippen LogP contribution in [0.5, 0.6) is 0 Å². The molecule has 8 nitrogen and oxygen atoms in total. The van der Waals surface area contributed by atoms with E-state index >= 15 is 0 Å². The van der Waals surface area contributed by atoms with Crippen molar-refractivity contribution in [3.8, 4) is 0 Å². The Balaban J connectivity index is 1.93. The average Bonchev–Trinajstić information content (AvgIpc) is 2.85. The first kappa shape index (κ1) is 23.4. The van der Waals surface area contributed by atoms with Crippen molar-refractivity contribution in [3.63, 3.8) is 0 Å². The fourth-order valence-corrected chi connectivity index (χ4v) is 3.24. The Labute approximate surface area is 177 Å². The van der Waals surface area contributed by atoms with Gasteiger partial charge in [0.05, 0.1) is 0 Å². The summed E-state index contributed by atoms with van der Waals surface area (Å²) in [7, 11) is 0. The third-order valence-electron chi connectivity index (χ3n) is 5.17. The largest absolute Gasteiger partial charge is 0.451 e. The van der Waals surface area contributed by atoms with Crippen LogP contribution in [-0.4, -0.2) is 46.9 Å². The average molecular weight is 418 g/mol. The summed E-state index contributed by atoms with van der Waals surface area (Å²) in [6.45, 7) is 10.4. The number of nitrogens with zero attached hydrogens (tertiary/aromatic N) is 1. The van der Waals surface area contributed by atoms with Gasteiger partial charge in [0.15, 0.2) is 6.10 Å². The summed E-state index contributed by atoms with van der Waals surface area (Å²) >= 11 is 0. The molecule has 0 saturated carbocycles. The molecule has 1 aromatic carbocycles. The van der Waals surface area contributed by atoms with Crippen molar-refractivity contribution < 1.29 is 23.9 Å². The van der Waals surface area contributed by atoms with E-state index in [0.29, 0.717) is 18.0 Å². The molecule has 0 bridgehead atoms. The standard InChI is InChI=1S/C22H31N3O5/c1-13(2)9-10-22(6)20(28)25(21(29)24-22)12-18(26)30-16(5)19(27)23-17-8-7-14(3)11-15(17)4/h7-8,11,13,16H,9-10,12H2,1-6H3,(H,23,27)(H,24,29)/t16-,22+/m1/s1. The van der Waals surface area contributed by atoms with Crippen LogP contribution in [0.15, 0.2) is 18.2 Å². The predicted octanol–water partition coefficient (Wildman–Crippen LogP) is 2.92. The third-order valence-corrected chi connectivity index (χ3v) is 5.17. The van der Waals surface area contributed by atoms with Gasteiger partial charge in [0.1, 0.15) is 12.1 Å². The molecule has 1 saturated heterocycles. The zero-order chi connectivity index (χ0) is 22.6. The third kappa shape index (κ3) is 5.58. The van der Waals surface area contributed by atoms with E-state index in [1.165, 1.54) is 6.92 Å². The van der Waals surface area contributed by atoms with Crippen molar-refractivity contribution in [2.75, 3.05) is 11.9 Å².